The molecule has 0 saturated carbocycles. The molecule has 1 atom stereocenters. The predicted octanol–water partition coefficient (Wildman–Crippen LogP) is 2.73. The maximum Gasteiger partial charge on any atom is 0.195 e. The molecule has 2 aromatic rings. The van der Waals surface area contributed by atoms with E-state index in [1.54, 1.807) is 30.3 Å². The number of hydrogen-bond acceptors (Lipinski definition) is 3. The first kappa shape index (κ1) is 11.8. The van der Waals surface area contributed by atoms with Crippen LogP contribution in [0.4, 0.5) is 0 Å². The van der Waals surface area contributed by atoms with Crippen LogP contribution >= 0.6 is 0 Å². The highest BCUT2D eigenvalue weighted by Gasteiger charge is 2.12. The maximum absolute atomic E-state index is 11.3. The first-order valence-corrected chi connectivity index (χ1v) is 6.00. The van der Waals surface area contributed by atoms with E-state index in [1.807, 2.05) is 0 Å². The topological polar surface area (TPSA) is 67.5 Å². The lowest BCUT2D eigenvalue weighted by atomic mass is 10.1. The molecule has 0 bridgehead atoms. The van der Waals surface area contributed by atoms with E-state index in [4.69, 9.17) is 8.97 Å². The summed E-state index contributed by atoms with van der Waals surface area (Å²) in [7, 11) is 0. The molecule has 0 radical (unpaired) electrons. The van der Waals surface area contributed by atoms with Crippen LogP contribution in [0.2, 0.25) is 0 Å². The van der Waals surface area contributed by atoms with Gasteiger partial charge in [-0.25, -0.2) is 4.21 Å². The largest absolute Gasteiger partial charge is 0.461 e. The summed E-state index contributed by atoms with van der Waals surface area (Å²) in [4.78, 5) is 11.6. The zero-order valence-electron chi connectivity index (χ0n) is 9.04. The molecule has 17 heavy (non-hydrogen) atoms. The Hall–Kier alpha value is -1.72. The summed E-state index contributed by atoms with van der Waals surface area (Å²) in [5, 5.41) is 0. The molecule has 1 unspecified atom stereocenters. The Balaban J connectivity index is 2.43. The van der Waals surface area contributed by atoms with Gasteiger partial charge in [0.1, 0.15) is 0 Å². The Kier molecular flexibility index (Phi) is 3.21. The van der Waals surface area contributed by atoms with Crippen LogP contribution < -0.4 is 0 Å². The number of Topliss-reactive ketones (excluding diaryl/α,β-unsaturated/α-hetero) is 1. The summed E-state index contributed by atoms with van der Waals surface area (Å²) in [6.07, 6.45) is 1.45. The number of hydrogen-bond donors (Lipinski definition) is 1. The van der Waals surface area contributed by atoms with E-state index < -0.39 is 11.1 Å². The zero-order chi connectivity index (χ0) is 12.4. The molecule has 0 spiro atoms. The summed E-state index contributed by atoms with van der Waals surface area (Å²) >= 11 is -1.99. The Bertz CT molecular complexity index is 568. The first-order chi connectivity index (χ1) is 8.09. The smallest absolute Gasteiger partial charge is 0.195 e. The Morgan fingerprint density at radius 3 is 2.41 bits per heavy atom. The van der Waals surface area contributed by atoms with E-state index in [-0.39, 0.29) is 5.78 Å². The normalized spacial score (nSPS) is 12.4. The number of carbonyl (C=O) groups excluding carboxylic acids is 1. The molecule has 0 aliphatic heterocycles. The SMILES string of the molecule is CC(=O)c1occc1-c1ccc(S(=O)O)cc1. The molecular weight excluding hydrogens is 240 g/mol. The number of ketones is 1. The minimum atomic E-state index is -1.99. The van der Waals surface area contributed by atoms with Crippen LogP contribution in [0.5, 0.6) is 0 Å². The summed E-state index contributed by atoms with van der Waals surface area (Å²) in [5.74, 6) is 0.141. The molecule has 4 nitrogen and oxygen atoms in total. The van der Waals surface area contributed by atoms with Gasteiger partial charge in [-0.1, -0.05) is 12.1 Å². The van der Waals surface area contributed by atoms with E-state index in [2.05, 4.69) is 0 Å². The molecule has 1 aromatic carbocycles. The monoisotopic (exact) mass is 250 g/mol. The maximum atomic E-state index is 11.3. The van der Waals surface area contributed by atoms with Crippen LogP contribution in [0.25, 0.3) is 11.1 Å². The van der Waals surface area contributed by atoms with Gasteiger partial charge in [0.15, 0.2) is 22.6 Å². The lowest BCUT2D eigenvalue weighted by Crippen LogP contribution is -1.92. The van der Waals surface area contributed by atoms with E-state index in [9.17, 15) is 9.00 Å². The van der Waals surface area contributed by atoms with E-state index >= 15 is 0 Å². The second kappa shape index (κ2) is 4.65. The van der Waals surface area contributed by atoms with Crippen molar-refractivity contribution >= 4 is 16.9 Å². The Morgan fingerprint density at radius 1 is 1.24 bits per heavy atom. The van der Waals surface area contributed by atoms with E-state index in [1.165, 1.54) is 13.2 Å². The van der Waals surface area contributed by atoms with Crippen molar-refractivity contribution < 1.29 is 18.0 Å². The van der Waals surface area contributed by atoms with Gasteiger partial charge in [0, 0.05) is 12.5 Å². The van der Waals surface area contributed by atoms with Crippen LogP contribution in [0, 0.1) is 0 Å². The summed E-state index contributed by atoms with van der Waals surface area (Å²) in [5.41, 5.74) is 1.46. The summed E-state index contributed by atoms with van der Waals surface area (Å²) in [6.45, 7) is 1.43. The van der Waals surface area contributed by atoms with Crippen molar-refractivity contribution in [3.63, 3.8) is 0 Å². The van der Waals surface area contributed by atoms with Crippen LogP contribution in [-0.4, -0.2) is 14.5 Å². The van der Waals surface area contributed by atoms with Gasteiger partial charge in [0.2, 0.25) is 0 Å². The highest BCUT2D eigenvalue weighted by atomic mass is 32.2. The highest BCUT2D eigenvalue weighted by molar-refractivity contribution is 7.79. The van der Waals surface area contributed by atoms with Crippen molar-refractivity contribution in [1.29, 1.82) is 0 Å². The second-order valence-corrected chi connectivity index (χ2v) is 4.46. The predicted molar refractivity (Wildman–Crippen MR) is 63.2 cm³/mol. The van der Waals surface area contributed by atoms with Crippen LogP contribution in [0.3, 0.4) is 0 Å². The molecule has 0 saturated heterocycles. The average Bonchev–Trinajstić information content (AvgIpc) is 2.78. The number of carbonyl (C=O) groups is 1. The van der Waals surface area contributed by atoms with Gasteiger partial charge in [-0.15, -0.1) is 0 Å². The third kappa shape index (κ3) is 2.35. The standard InChI is InChI=1S/C12H10O4S/c1-8(13)12-11(6-7-16-12)9-2-4-10(5-3-9)17(14)15/h2-7H,1H3,(H,14,15). The number of rotatable bonds is 3. The van der Waals surface area contributed by atoms with Gasteiger partial charge in [0.05, 0.1) is 11.2 Å². The van der Waals surface area contributed by atoms with E-state index in [0.29, 0.717) is 16.2 Å². The molecule has 0 aliphatic carbocycles. The van der Waals surface area contributed by atoms with Crippen molar-refractivity contribution in [3.05, 3.63) is 42.4 Å². The lowest BCUT2D eigenvalue weighted by molar-refractivity contribution is 0.0988. The molecular formula is C12H10O4S. The average molecular weight is 250 g/mol. The van der Waals surface area contributed by atoms with Gasteiger partial charge in [-0.2, -0.15) is 0 Å². The molecule has 1 aromatic heterocycles. The minimum Gasteiger partial charge on any atom is -0.461 e. The van der Waals surface area contributed by atoms with Gasteiger partial charge in [-0.05, 0) is 23.8 Å². The second-order valence-electron chi connectivity index (χ2n) is 3.49. The molecule has 1 heterocycles. The fourth-order valence-corrected chi connectivity index (χ4v) is 1.93. The van der Waals surface area contributed by atoms with Crippen molar-refractivity contribution in [1.82, 2.24) is 0 Å². The molecule has 5 heteroatoms. The summed E-state index contributed by atoms with van der Waals surface area (Å²) < 4.78 is 24.8. The van der Waals surface area contributed by atoms with Crippen LogP contribution in [0.15, 0.2) is 45.9 Å². The fraction of sp³-hybridized carbons (Fsp3) is 0.0833. The lowest BCUT2D eigenvalue weighted by Gasteiger charge is -2.01. The van der Waals surface area contributed by atoms with E-state index in [0.717, 1.165) is 5.56 Å². The van der Waals surface area contributed by atoms with Crippen molar-refractivity contribution in [3.8, 4) is 11.1 Å². The molecule has 88 valence electrons. The van der Waals surface area contributed by atoms with Crippen LogP contribution in [-0.2, 0) is 11.1 Å². The molecule has 0 aliphatic rings. The third-order valence-corrected chi connectivity index (χ3v) is 3.03. The van der Waals surface area contributed by atoms with Gasteiger partial charge in [-0.3, -0.25) is 4.79 Å². The highest BCUT2D eigenvalue weighted by Crippen LogP contribution is 2.25. The fourth-order valence-electron chi connectivity index (χ4n) is 1.56. The quantitative estimate of drug-likeness (QED) is 0.671. The van der Waals surface area contributed by atoms with Crippen molar-refractivity contribution in [2.45, 2.75) is 11.8 Å². The van der Waals surface area contributed by atoms with Gasteiger partial charge in [0.25, 0.3) is 0 Å². The number of benzene rings is 1. The van der Waals surface area contributed by atoms with Gasteiger partial charge >= 0.3 is 0 Å². The van der Waals surface area contributed by atoms with Gasteiger partial charge < -0.3 is 8.97 Å². The summed E-state index contributed by atoms with van der Waals surface area (Å²) in [6, 6.07) is 8.15. The van der Waals surface area contributed by atoms with Crippen molar-refractivity contribution in [2.75, 3.05) is 0 Å². The van der Waals surface area contributed by atoms with Crippen LogP contribution in [0.1, 0.15) is 17.5 Å². The van der Waals surface area contributed by atoms with Crippen molar-refractivity contribution in [2.24, 2.45) is 0 Å². The third-order valence-electron chi connectivity index (χ3n) is 2.35. The Morgan fingerprint density at radius 2 is 1.88 bits per heavy atom. The Labute approximate surface area is 101 Å². The number of furan rings is 1. The first-order valence-electron chi connectivity index (χ1n) is 4.89. The molecule has 1 N–H and O–H groups in total. The minimum absolute atomic E-state index is 0.153. The molecule has 0 amide bonds. The molecule has 2 rings (SSSR count). The zero-order valence-corrected chi connectivity index (χ0v) is 9.86. The molecule has 0 fully saturated rings.